The molecular weight excluding hydrogens is 152 g/mol. The van der Waals surface area contributed by atoms with Gasteiger partial charge in [0.1, 0.15) is 0 Å². The molecule has 0 radical (unpaired) electrons. The molecule has 1 aliphatic carbocycles. The number of rotatable bonds is 3. The van der Waals surface area contributed by atoms with Crippen LogP contribution < -0.4 is 0 Å². The van der Waals surface area contributed by atoms with E-state index in [0.717, 1.165) is 25.9 Å². The zero-order valence-corrected chi connectivity index (χ0v) is 7.75. The van der Waals surface area contributed by atoms with Crippen LogP contribution >= 0.6 is 0 Å². The van der Waals surface area contributed by atoms with Gasteiger partial charge >= 0.3 is 0 Å². The van der Waals surface area contributed by atoms with Gasteiger partial charge in [0.25, 0.3) is 0 Å². The Balaban J connectivity index is 2.37. The van der Waals surface area contributed by atoms with Gasteiger partial charge in [0, 0.05) is 6.61 Å². The Labute approximate surface area is 74.2 Å². The summed E-state index contributed by atoms with van der Waals surface area (Å²) in [6, 6.07) is 0. The van der Waals surface area contributed by atoms with Crippen molar-refractivity contribution >= 4 is 0 Å². The van der Waals surface area contributed by atoms with Crippen LogP contribution in [0.25, 0.3) is 0 Å². The molecule has 2 heteroatoms. The van der Waals surface area contributed by atoms with Crippen LogP contribution in [0.1, 0.15) is 32.6 Å². The first-order chi connectivity index (χ1) is 5.83. The number of aliphatic hydroxyl groups excluding tert-OH is 1. The van der Waals surface area contributed by atoms with Crippen molar-refractivity contribution in [3.8, 4) is 0 Å². The maximum Gasteiger partial charge on any atom is 0.0724 e. The molecule has 1 rings (SSSR count). The van der Waals surface area contributed by atoms with Crippen molar-refractivity contribution in [3.63, 3.8) is 0 Å². The average Bonchev–Trinajstić information content (AvgIpc) is 2.26. The molecule has 0 aromatic rings. The SMILES string of the molecule is CCOCC1=CC(O)CCCC1. The fraction of sp³-hybridized carbons (Fsp3) is 0.800. The molecule has 0 saturated carbocycles. The van der Waals surface area contributed by atoms with E-state index in [4.69, 9.17) is 4.74 Å². The molecule has 1 N–H and O–H groups in total. The minimum atomic E-state index is -0.233. The van der Waals surface area contributed by atoms with E-state index in [1.54, 1.807) is 0 Å². The second kappa shape index (κ2) is 5.33. The molecule has 1 aliphatic rings. The largest absolute Gasteiger partial charge is 0.389 e. The van der Waals surface area contributed by atoms with Crippen LogP contribution in [0.2, 0.25) is 0 Å². The molecule has 0 fully saturated rings. The lowest BCUT2D eigenvalue weighted by molar-refractivity contribution is 0.166. The van der Waals surface area contributed by atoms with Crippen LogP contribution in [0.5, 0.6) is 0 Å². The fourth-order valence-electron chi connectivity index (χ4n) is 1.50. The topological polar surface area (TPSA) is 29.5 Å². The van der Waals surface area contributed by atoms with Crippen molar-refractivity contribution in [2.75, 3.05) is 13.2 Å². The molecule has 0 aromatic heterocycles. The predicted molar refractivity (Wildman–Crippen MR) is 49.1 cm³/mol. The highest BCUT2D eigenvalue weighted by atomic mass is 16.5. The maximum atomic E-state index is 9.43. The Kier molecular flexibility index (Phi) is 4.33. The van der Waals surface area contributed by atoms with Crippen molar-refractivity contribution < 1.29 is 9.84 Å². The van der Waals surface area contributed by atoms with Crippen LogP contribution in [0.3, 0.4) is 0 Å². The smallest absolute Gasteiger partial charge is 0.0724 e. The summed E-state index contributed by atoms with van der Waals surface area (Å²) in [5.74, 6) is 0. The quantitative estimate of drug-likeness (QED) is 0.655. The van der Waals surface area contributed by atoms with E-state index >= 15 is 0 Å². The Hall–Kier alpha value is -0.340. The van der Waals surface area contributed by atoms with Gasteiger partial charge in [-0.3, -0.25) is 0 Å². The third-order valence-electron chi connectivity index (χ3n) is 2.17. The fourth-order valence-corrected chi connectivity index (χ4v) is 1.50. The first kappa shape index (κ1) is 9.75. The third kappa shape index (κ3) is 3.37. The molecule has 12 heavy (non-hydrogen) atoms. The van der Waals surface area contributed by atoms with E-state index in [0.29, 0.717) is 6.61 Å². The van der Waals surface area contributed by atoms with E-state index in [1.807, 2.05) is 13.0 Å². The Morgan fingerprint density at radius 1 is 1.58 bits per heavy atom. The van der Waals surface area contributed by atoms with Gasteiger partial charge in [-0.1, -0.05) is 12.5 Å². The van der Waals surface area contributed by atoms with E-state index < -0.39 is 0 Å². The van der Waals surface area contributed by atoms with Gasteiger partial charge in [0.05, 0.1) is 12.7 Å². The lowest BCUT2D eigenvalue weighted by Crippen LogP contribution is -2.03. The van der Waals surface area contributed by atoms with Crippen molar-refractivity contribution in [2.24, 2.45) is 0 Å². The highest BCUT2D eigenvalue weighted by molar-refractivity contribution is 5.07. The normalized spacial score (nSPS) is 24.8. The van der Waals surface area contributed by atoms with E-state index in [2.05, 4.69) is 0 Å². The van der Waals surface area contributed by atoms with Crippen molar-refractivity contribution in [1.29, 1.82) is 0 Å². The number of hydrogen-bond donors (Lipinski definition) is 1. The summed E-state index contributed by atoms with van der Waals surface area (Å²) in [7, 11) is 0. The molecule has 0 saturated heterocycles. The number of aliphatic hydroxyl groups is 1. The second-order valence-electron chi connectivity index (χ2n) is 3.28. The van der Waals surface area contributed by atoms with Crippen molar-refractivity contribution in [3.05, 3.63) is 11.6 Å². The molecule has 0 aromatic carbocycles. The summed E-state index contributed by atoms with van der Waals surface area (Å²) in [5.41, 5.74) is 1.27. The first-order valence-corrected chi connectivity index (χ1v) is 4.78. The summed E-state index contributed by atoms with van der Waals surface area (Å²) in [5, 5.41) is 9.43. The molecular formula is C10H18O2. The molecule has 1 unspecified atom stereocenters. The lowest BCUT2D eigenvalue weighted by atomic mass is 10.1. The van der Waals surface area contributed by atoms with E-state index in [-0.39, 0.29) is 6.10 Å². The van der Waals surface area contributed by atoms with E-state index in [1.165, 1.54) is 12.0 Å². The summed E-state index contributed by atoms with van der Waals surface area (Å²) in [6.07, 6.45) is 6.06. The van der Waals surface area contributed by atoms with Gasteiger partial charge in [-0.05, 0) is 31.8 Å². The number of hydrogen-bond acceptors (Lipinski definition) is 2. The van der Waals surface area contributed by atoms with Crippen LogP contribution in [-0.4, -0.2) is 24.4 Å². The highest BCUT2D eigenvalue weighted by Gasteiger charge is 2.08. The summed E-state index contributed by atoms with van der Waals surface area (Å²) in [6.45, 7) is 3.45. The minimum absolute atomic E-state index is 0.233. The first-order valence-electron chi connectivity index (χ1n) is 4.78. The molecule has 0 spiro atoms. The standard InChI is InChI=1S/C10H18O2/c1-2-12-8-9-5-3-4-6-10(11)7-9/h7,10-11H,2-6,8H2,1H3. The van der Waals surface area contributed by atoms with Gasteiger partial charge in [0.15, 0.2) is 0 Å². The summed E-state index contributed by atoms with van der Waals surface area (Å²) < 4.78 is 5.30. The third-order valence-corrected chi connectivity index (χ3v) is 2.17. The van der Waals surface area contributed by atoms with Gasteiger partial charge in [-0.15, -0.1) is 0 Å². The number of ether oxygens (including phenoxy) is 1. The predicted octanol–water partition coefficient (Wildman–Crippen LogP) is 1.88. The molecule has 0 amide bonds. The Morgan fingerprint density at radius 2 is 2.42 bits per heavy atom. The zero-order valence-electron chi connectivity index (χ0n) is 7.75. The van der Waals surface area contributed by atoms with Crippen LogP contribution in [0, 0.1) is 0 Å². The highest BCUT2D eigenvalue weighted by Crippen LogP contribution is 2.17. The van der Waals surface area contributed by atoms with Crippen molar-refractivity contribution in [1.82, 2.24) is 0 Å². The van der Waals surface area contributed by atoms with Crippen molar-refractivity contribution in [2.45, 2.75) is 38.7 Å². The van der Waals surface area contributed by atoms with Crippen LogP contribution in [0.4, 0.5) is 0 Å². The van der Waals surface area contributed by atoms with Gasteiger partial charge in [-0.25, -0.2) is 0 Å². The maximum absolute atomic E-state index is 9.43. The average molecular weight is 170 g/mol. The molecule has 1 atom stereocenters. The van der Waals surface area contributed by atoms with Gasteiger partial charge < -0.3 is 9.84 Å². The molecule has 0 heterocycles. The molecule has 0 aliphatic heterocycles. The molecule has 2 nitrogen and oxygen atoms in total. The monoisotopic (exact) mass is 170 g/mol. The second-order valence-corrected chi connectivity index (χ2v) is 3.28. The molecule has 0 bridgehead atoms. The zero-order chi connectivity index (χ0) is 8.81. The lowest BCUT2D eigenvalue weighted by Gasteiger charge is -2.05. The van der Waals surface area contributed by atoms with Gasteiger partial charge in [0.2, 0.25) is 0 Å². The van der Waals surface area contributed by atoms with Gasteiger partial charge in [-0.2, -0.15) is 0 Å². The van der Waals surface area contributed by atoms with Crippen LogP contribution in [0.15, 0.2) is 11.6 Å². The van der Waals surface area contributed by atoms with Crippen LogP contribution in [-0.2, 0) is 4.74 Å². The Morgan fingerprint density at radius 3 is 3.17 bits per heavy atom. The molecule has 70 valence electrons. The minimum Gasteiger partial charge on any atom is -0.389 e. The Bertz CT molecular complexity index is 152. The summed E-state index contributed by atoms with van der Waals surface area (Å²) in [4.78, 5) is 0. The van der Waals surface area contributed by atoms with E-state index in [9.17, 15) is 5.11 Å². The summed E-state index contributed by atoms with van der Waals surface area (Å²) >= 11 is 0.